The van der Waals surface area contributed by atoms with Gasteiger partial charge in [-0.05, 0) is 42.9 Å². The van der Waals surface area contributed by atoms with Gasteiger partial charge in [0.25, 0.3) is 0 Å². The Balaban J connectivity index is 2.34. The highest BCUT2D eigenvalue weighted by molar-refractivity contribution is 5.27. The largest absolute Gasteiger partial charge is 0.0760 e. The molecule has 0 aliphatic rings. The molecule has 1 radical (unpaired) electrons. The minimum Gasteiger partial charge on any atom is -0.0760 e. The van der Waals surface area contributed by atoms with Crippen LogP contribution in [0.5, 0.6) is 0 Å². The summed E-state index contributed by atoms with van der Waals surface area (Å²) in [5.74, 6) is 0. The van der Waals surface area contributed by atoms with E-state index in [1.807, 2.05) is 0 Å². The van der Waals surface area contributed by atoms with Crippen LogP contribution in [0.4, 0.5) is 0 Å². The van der Waals surface area contributed by atoms with Gasteiger partial charge in [0.05, 0.1) is 0 Å². The number of unbranched alkanes of at least 4 members (excludes halogenated alkanes) is 4. The molecule has 1 aromatic carbocycles. The minimum atomic E-state index is 1.16. The first-order valence-corrected chi connectivity index (χ1v) is 7.04. The van der Waals surface area contributed by atoms with Gasteiger partial charge < -0.3 is 0 Å². The lowest BCUT2D eigenvalue weighted by atomic mass is 10.1. The second-order valence-corrected chi connectivity index (χ2v) is 4.64. The highest BCUT2D eigenvalue weighted by atomic mass is 14.0. The molecule has 0 aliphatic carbocycles. The zero-order valence-electron chi connectivity index (χ0n) is 11.3. The monoisotopic (exact) mass is 229 g/mol. The Hall–Kier alpha value is -1.04. The van der Waals surface area contributed by atoms with Gasteiger partial charge in [0.2, 0.25) is 0 Å². The molecule has 1 rings (SSSR count). The first-order chi connectivity index (χ1) is 8.36. The minimum absolute atomic E-state index is 1.16. The topological polar surface area (TPSA) is 0 Å². The van der Waals surface area contributed by atoms with Crippen molar-refractivity contribution < 1.29 is 0 Å². The van der Waals surface area contributed by atoms with Crippen LogP contribution in [0.1, 0.15) is 63.5 Å². The Morgan fingerprint density at radius 2 is 1.65 bits per heavy atom. The summed E-state index contributed by atoms with van der Waals surface area (Å²) < 4.78 is 0. The first-order valence-electron chi connectivity index (χ1n) is 7.04. The summed E-state index contributed by atoms with van der Waals surface area (Å²) in [6.45, 7) is 4.48. The van der Waals surface area contributed by atoms with Crippen molar-refractivity contribution in [3.05, 3.63) is 47.5 Å². The maximum atomic E-state index is 3.36. The van der Waals surface area contributed by atoms with Crippen molar-refractivity contribution >= 4 is 0 Å². The van der Waals surface area contributed by atoms with E-state index in [4.69, 9.17) is 0 Å². The van der Waals surface area contributed by atoms with Gasteiger partial charge in [-0.3, -0.25) is 0 Å². The average molecular weight is 229 g/mol. The third-order valence-electron chi connectivity index (χ3n) is 2.99. The van der Waals surface area contributed by atoms with Crippen molar-refractivity contribution in [1.82, 2.24) is 0 Å². The fraction of sp³-hybridized carbons (Fsp3) is 0.529. The standard InChI is InChI=1S/C17H25/c1-3-5-7-8-9-11-17-14-12-16(13-15-17)10-6-4-2/h9,12-15H,3-8,10H2,1-2H3. The molecule has 0 atom stereocenters. The molecule has 0 N–H and O–H groups in total. The van der Waals surface area contributed by atoms with Gasteiger partial charge in [0.15, 0.2) is 0 Å². The quantitative estimate of drug-likeness (QED) is 0.529. The fourth-order valence-electron chi connectivity index (χ4n) is 1.83. The average Bonchev–Trinajstić information content (AvgIpc) is 2.37. The maximum Gasteiger partial charge on any atom is -0.0149 e. The second-order valence-electron chi connectivity index (χ2n) is 4.64. The van der Waals surface area contributed by atoms with Gasteiger partial charge in [0.1, 0.15) is 0 Å². The van der Waals surface area contributed by atoms with Crippen molar-refractivity contribution in [1.29, 1.82) is 0 Å². The number of hydrogen-bond acceptors (Lipinski definition) is 0. The van der Waals surface area contributed by atoms with Gasteiger partial charge in [0, 0.05) is 0 Å². The lowest BCUT2D eigenvalue weighted by Crippen LogP contribution is -1.84. The van der Waals surface area contributed by atoms with E-state index in [-0.39, 0.29) is 0 Å². The van der Waals surface area contributed by atoms with Gasteiger partial charge in [-0.2, -0.15) is 0 Å². The molecule has 0 heteroatoms. The number of rotatable bonds is 8. The summed E-state index contributed by atoms with van der Waals surface area (Å²) in [5, 5.41) is 0. The highest BCUT2D eigenvalue weighted by Crippen LogP contribution is 2.09. The zero-order chi connectivity index (χ0) is 12.3. The smallest absolute Gasteiger partial charge is 0.0149 e. The summed E-state index contributed by atoms with van der Waals surface area (Å²) in [6.07, 6.45) is 14.4. The van der Waals surface area contributed by atoms with Gasteiger partial charge >= 0.3 is 0 Å². The van der Waals surface area contributed by atoms with Gasteiger partial charge in [-0.15, -0.1) is 0 Å². The molecule has 0 saturated carbocycles. The predicted octanol–water partition coefficient (Wildman–Crippen LogP) is 5.32. The molecular formula is C17H25. The van der Waals surface area contributed by atoms with Crippen LogP contribution < -0.4 is 0 Å². The van der Waals surface area contributed by atoms with E-state index in [1.165, 1.54) is 49.7 Å². The molecule has 0 spiro atoms. The lowest BCUT2D eigenvalue weighted by molar-refractivity contribution is 0.728. The Morgan fingerprint density at radius 3 is 2.29 bits per heavy atom. The van der Waals surface area contributed by atoms with Crippen LogP contribution in [0.25, 0.3) is 0 Å². The number of benzene rings is 1. The highest BCUT2D eigenvalue weighted by Gasteiger charge is 1.92. The molecule has 0 aliphatic heterocycles. The van der Waals surface area contributed by atoms with Crippen molar-refractivity contribution in [3.63, 3.8) is 0 Å². The van der Waals surface area contributed by atoms with Crippen molar-refractivity contribution in [2.24, 2.45) is 0 Å². The van der Waals surface area contributed by atoms with Crippen molar-refractivity contribution in [3.8, 4) is 0 Å². The fourth-order valence-corrected chi connectivity index (χ4v) is 1.83. The Labute approximate surface area is 107 Å². The maximum absolute atomic E-state index is 3.36. The van der Waals surface area contributed by atoms with Crippen LogP contribution in [-0.4, -0.2) is 0 Å². The molecule has 0 amide bonds. The summed E-state index contributed by atoms with van der Waals surface area (Å²) in [4.78, 5) is 0. The zero-order valence-corrected chi connectivity index (χ0v) is 11.3. The molecule has 0 bridgehead atoms. The Morgan fingerprint density at radius 1 is 0.941 bits per heavy atom. The van der Waals surface area contributed by atoms with E-state index >= 15 is 0 Å². The SMILES string of the molecule is CCCCC/C=[C]\c1ccc(CCCC)cc1. The molecular weight excluding hydrogens is 204 g/mol. The van der Waals surface area contributed by atoms with Crippen LogP contribution in [0.2, 0.25) is 0 Å². The summed E-state index contributed by atoms with van der Waals surface area (Å²) >= 11 is 0. The van der Waals surface area contributed by atoms with Gasteiger partial charge in [-0.25, -0.2) is 0 Å². The number of hydrogen-bond donors (Lipinski definition) is 0. The molecule has 0 fully saturated rings. The number of allylic oxidation sites excluding steroid dienone is 1. The van der Waals surface area contributed by atoms with E-state index < -0.39 is 0 Å². The summed E-state index contributed by atoms with van der Waals surface area (Å²) in [6, 6.07) is 8.83. The van der Waals surface area contributed by atoms with Crippen LogP contribution in [0.3, 0.4) is 0 Å². The van der Waals surface area contributed by atoms with Crippen molar-refractivity contribution in [2.45, 2.75) is 58.8 Å². The second kappa shape index (κ2) is 9.04. The van der Waals surface area contributed by atoms with Crippen LogP contribution >= 0.6 is 0 Å². The lowest BCUT2D eigenvalue weighted by Gasteiger charge is -2.00. The molecule has 17 heavy (non-hydrogen) atoms. The van der Waals surface area contributed by atoms with E-state index in [2.05, 4.69) is 50.3 Å². The number of aryl methyl sites for hydroxylation is 1. The molecule has 0 nitrogen and oxygen atoms in total. The summed E-state index contributed by atoms with van der Waals surface area (Å²) in [7, 11) is 0. The Bertz CT molecular complexity index is 305. The molecule has 0 aromatic heterocycles. The molecule has 0 heterocycles. The molecule has 0 saturated heterocycles. The first kappa shape index (κ1) is 14.0. The normalized spacial score (nSPS) is 11.2. The van der Waals surface area contributed by atoms with E-state index in [9.17, 15) is 0 Å². The van der Waals surface area contributed by atoms with E-state index in [0.717, 1.165) is 6.42 Å². The van der Waals surface area contributed by atoms with E-state index in [1.54, 1.807) is 0 Å². The van der Waals surface area contributed by atoms with E-state index in [0.29, 0.717) is 0 Å². The van der Waals surface area contributed by atoms with Gasteiger partial charge in [-0.1, -0.05) is 63.5 Å². The van der Waals surface area contributed by atoms with Crippen LogP contribution in [-0.2, 0) is 6.42 Å². The predicted molar refractivity (Wildman–Crippen MR) is 76.1 cm³/mol. The third kappa shape index (κ3) is 6.31. The molecule has 93 valence electrons. The summed E-state index contributed by atoms with van der Waals surface area (Å²) in [5.41, 5.74) is 2.66. The molecule has 1 aromatic rings. The van der Waals surface area contributed by atoms with Crippen LogP contribution in [0.15, 0.2) is 30.3 Å². The van der Waals surface area contributed by atoms with Crippen molar-refractivity contribution in [2.75, 3.05) is 0 Å². The van der Waals surface area contributed by atoms with Crippen LogP contribution in [0, 0.1) is 6.08 Å². The molecule has 0 unspecified atom stereocenters. The third-order valence-corrected chi connectivity index (χ3v) is 2.99. The Kier molecular flexibility index (Phi) is 7.46.